The third kappa shape index (κ3) is 3.11. The lowest BCUT2D eigenvalue weighted by Crippen LogP contribution is -2.39. The van der Waals surface area contributed by atoms with Gasteiger partial charge in [-0.05, 0) is 6.92 Å². The van der Waals surface area contributed by atoms with E-state index in [0.717, 1.165) is 47.6 Å². The topological polar surface area (TPSA) is 58.1 Å². The second kappa shape index (κ2) is 5.68. The molecule has 0 spiro atoms. The number of nitrogens with zero attached hydrogens (tertiary/aromatic N) is 3. The molecule has 0 bridgehead atoms. The number of hydrogen-bond donors (Lipinski definition) is 1. The van der Waals surface area contributed by atoms with Crippen molar-refractivity contribution in [3.8, 4) is 0 Å². The third-order valence-electron chi connectivity index (χ3n) is 3.51. The molecule has 0 unspecified atom stereocenters. The van der Waals surface area contributed by atoms with Crippen LogP contribution in [0.5, 0.6) is 0 Å². The summed E-state index contributed by atoms with van der Waals surface area (Å²) in [5, 5.41) is 3.16. The first kappa shape index (κ1) is 15.2. The Morgan fingerprint density at radius 2 is 1.80 bits per heavy atom. The first-order chi connectivity index (χ1) is 9.32. The summed E-state index contributed by atoms with van der Waals surface area (Å²) in [6.45, 7) is 10.00. The summed E-state index contributed by atoms with van der Waals surface area (Å²) >= 11 is 0. The van der Waals surface area contributed by atoms with Gasteiger partial charge in [-0.1, -0.05) is 20.8 Å². The molecule has 1 aliphatic rings. The molecule has 6 heteroatoms. The lowest BCUT2D eigenvalue weighted by atomic mass is 9.95. The second-order valence-corrected chi connectivity index (χ2v) is 7.88. The summed E-state index contributed by atoms with van der Waals surface area (Å²) in [4.78, 5) is 11.6. The molecule has 20 heavy (non-hydrogen) atoms. The molecule has 0 atom stereocenters. The Hall–Kier alpha value is -1.17. The van der Waals surface area contributed by atoms with Crippen LogP contribution in [0, 0.1) is 6.92 Å². The van der Waals surface area contributed by atoms with E-state index in [2.05, 4.69) is 36.0 Å². The molecule has 1 fully saturated rings. The predicted molar refractivity (Wildman–Crippen MR) is 85.1 cm³/mol. The van der Waals surface area contributed by atoms with Crippen molar-refractivity contribution in [2.45, 2.75) is 33.1 Å². The Bertz CT molecular complexity index is 515. The molecule has 1 aromatic rings. The molecule has 1 aromatic heterocycles. The zero-order chi connectivity index (χ0) is 14.9. The van der Waals surface area contributed by atoms with Gasteiger partial charge in [0, 0.05) is 53.4 Å². The monoisotopic (exact) mass is 296 g/mol. The summed E-state index contributed by atoms with van der Waals surface area (Å²) in [7, 11) is 1.21. The molecular weight excluding hydrogens is 272 g/mol. The molecule has 0 aromatic carbocycles. The average Bonchev–Trinajstić information content (AvgIpc) is 2.39. The Kier molecular flexibility index (Phi) is 4.32. The minimum Gasteiger partial charge on any atom is -0.373 e. The van der Waals surface area contributed by atoms with Crippen molar-refractivity contribution in [2.75, 3.05) is 41.9 Å². The molecule has 2 rings (SSSR count). The maximum absolute atomic E-state index is 11.5. The third-order valence-corrected chi connectivity index (χ3v) is 4.78. The van der Waals surface area contributed by atoms with E-state index in [1.165, 1.54) is 0 Å². The lowest BCUT2D eigenvalue weighted by molar-refractivity contribution is 0.544. The van der Waals surface area contributed by atoms with E-state index in [1.54, 1.807) is 0 Å². The molecule has 5 nitrogen and oxygen atoms in total. The van der Waals surface area contributed by atoms with E-state index >= 15 is 0 Å². The molecular formula is C14H24N4OS. The zero-order valence-electron chi connectivity index (χ0n) is 13.0. The molecule has 112 valence electrons. The van der Waals surface area contributed by atoms with Gasteiger partial charge in [0.1, 0.15) is 17.5 Å². The van der Waals surface area contributed by atoms with E-state index in [9.17, 15) is 4.21 Å². The van der Waals surface area contributed by atoms with Gasteiger partial charge >= 0.3 is 0 Å². The van der Waals surface area contributed by atoms with E-state index in [-0.39, 0.29) is 5.41 Å². The quantitative estimate of drug-likeness (QED) is 0.900. The van der Waals surface area contributed by atoms with Gasteiger partial charge in [-0.2, -0.15) is 0 Å². The fraction of sp³-hybridized carbons (Fsp3) is 0.714. The van der Waals surface area contributed by atoms with E-state index in [4.69, 9.17) is 4.98 Å². The molecule has 0 aliphatic carbocycles. The minimum absolute atomic E-state index is 0.0906. The van der Waals surface area contributed by atoms with Crippen molar-refractivity contribution >= 4 is 22.4 Å². The van der Waals surface area contributed by atoms with Crippen molar-refractivity contribution in [2.24, 2.45) is 0 Å². The van der Waals surface area contributed by atoms with Crippen molar-refractivity contribution < 1.29 is 4.21 Å². The van der Waals surface area contributed by atoms with Crippen molar-refractivity contribution in [1.82, 2.24) is 9.97 Å². The Balaban J connectivity index is 2.43. The summed E-state index contributed by atoms with van der Waals surface area (Å²) in [5.74, 6) is 4.15. The summed E-state index contributed by atoms with van der Waals surface area (Å²) < 4.78 is 11.5. The highest BCUT2D eigenvalue weighted by molar-refractivity contribution is 7.85. The highest BCUT2D eigenvalue weighted by atomic mass is 32.2. The summed E-state index contributed by atoms with van der Waals surface area (Å²) in [6, 6.07) is 0. The molecule has 1 N–H and O–H groups in total. The summed E-state index contributed by atoms with van der Waals surface area (Å²) in [6.07, 6.45) is 0. The van der Waals surface area contributed by atoms with Crippen LogP contribution in [0.1, 0.15) is 32.2 Å². The van der Waals surface area contributed by atoms with Gasteiger partial charge in [-0.15, -0.1) is 0 Å². The molecule has 0 amide bonds. The lowest BCUT2D eigenvalue weighted by Gasteiger charge is -2.30. The normalized spacial score (nSPS) is 17.4. The zero-order valence-corrected chi connectivity index (χ0v) is 13.8. The van der Waals surface area contributed by atoms with Gasteiger partial charge in [-0.3, -0.25) is 4.21 Å². The number of nitrogens with one attached hydrogen (secondary N) is 1. The SMILES string of the molecule is CNc1nc(C(C)(C)C)nc(N2CCS(=O)CC2)c1C. The Morgan fingerprint density at radius 1 is 1.20 bits per heavy atom. The minimum atomic E-state index is -0.672. The maximum atomic E-state index is 11.5. The number of hydrogen-bond acceptors (Lipinski definition) is 5. The van der Waals surface area contributed by atoms with Gasteiger partial charge < -0.3 is 10.2 Å². The first-order valence-electron chi connectivity index (χ1n) is 6.99. The largest absolute Gasteiger partial charge is 0.373 e. The van der Waals surface area contributed by atoms with Gasteiger partial charge in [0.05, 0.1) is 0 Å². The highest BCUT2D eigenvalue weighted by Gasteiger charge is 2.24. The molecule has 1 aliphatic heterocycles. The van der Waals surface area contributed by atoms with Crippen LogP contribution in [0.25, 0.3) is 0 Å². The molecule has 2 heterocycles. The Labute approximate surface area is 123 Å². The van der Waals surface area contributed by atoms with E-state index in [1.807, 2.05) is 14.0 Å². The van der Waals surface area contributed by atoms with Gasteiger partial charge in [0.25, 0.3) is 0 Å². The van der Waals surface area contributed by atoms with Crippen molar-refractivity contribution in [3.05, 3.63) is 11.4 Å². The smallest absolute Gasteiger partial charge is 0.138 e. The number of rotatable bonds is 2. The highest BCUT2D eigenvalue weighted by Crippen LogP contribution is 2.28. The average molecular weight is 296 g/mol. The first-order valence-corrected chi connectivity index (χ1v) is 8.48. The predicted octanol–water partition coefficient (Wildman–Crippen LogP) is 1.69. The maximum Gasteiger partial charge on any atom is 0.138 e. The van der Waals surface area contributed by atoms with Crippen LogP contribution in [-0.2, 0) is 16.2 Å². The van der Waals surface area contributed by atoms with E-state index in [0.29, 0.717) is 0 Å². The number of aromatic nitrogens is 2. The van der Waals surface area contributed by atoms with Gasteiger partial charge in [0.15, 0.2) is 0 Å². The summed E-state index contributed by atoms with van der Waals surface area (Å²) in [5.41, 5.74) is 0.973. The van der Waals surface area contributed by atoms with Gasteiger partial charge in [0.2, 0.25) is 0 Å². The molecule has 1 saturated heterocycles. The molecule has 0 saturated carbocycles. The van der Waals surface area contributed by atoms with Gasteiger partial charge in [-0.25, -0.2) is 9.97 Å². The fourth-order valence-corrected chi connectivity index (χ4v) is 3.29. The van der Waals surface area contributed by atoms with Crippen LogP contribution in [-0.4, -0.2) is 45.8 Å². The molecule has 0 radical (unpaired) electrons. The Morgan fingerprint density at radius 3 is 2.30 bits per heavy atom. The number of anilines is 2. The van der Waals surface area contributed by atoms with Crippen LogP contribution >= 0.6 is 0 Å². The van der Waals surface area contributed by atoms with Crippen LogP contribution < -0.4 is 10.2 Å². The standard InChI is InChI=1S/C14H24N4OS/c1-10-11(15-5)16-13(14(2,3)4)17-12(10)18-6-8-20(19)9-7-18/h6-9H2,1-5H3,(H,15,16,17). The van der Waals surface area contributed by atoms with Crippen molar-refractivity contribution in [1.29, 1.82) is 0 Å². The van der Waals surface area contributed by atoms with Crippen LogP contribution in [0.2, 0.25) is 0 Å². The fourth-order valence-electron chi connectivity index (χ4n) is 2.24. The van der Waals surface area contributed by atoms with Crippen LogP contribution in [0.3, 0.4) is 0 Å². The van der Waals surface area contributed by atoms with E-state index < -0.39 is 10.8 Å². The second-order valence-electron chi connectivity index (χ2n) is 6.18. The van der Waals surface area contributed by atoms with Crippen LogP contribution in [0.15, 0.2) is 0 Å². The van der Waals surface area contributed by atoms with Crippen LogP contribution in [0.4, 0.5) is 11.6 Å². The van der Waals surface area contributed by atoms with Crippen molar-refractivity contribution in [3.63, 3.8) is 0 Å².